The van der Waals surface area contributed by atoms with E-state index < -0.39 is 0 Å². The second-order valence-electron chi connectivity index (χ2n) is 4.79. The maximum absolute atomic E-state index is 6.48. The number of hydrogen-bond acceptors (Lipinski definition) is 3. The van der Waals surface area contributed by atoms with Crippen molar-refractivity contribution in [3.8, 4) is 0 Å². The molecule has 2 N–H and O–H groups in total. The number of rotatable bonds is 1. The molecule has 0 aromatic carbocycles. The molecule has 90 valence electrons. The molecule has 0 unspecified atom stereocenters. The molecule has 1 saturated carbocycles. The van der Waals surface area contributed by atoms with Gasteiger partial charge in [-0.15, -0.1) is 0 Å². The number of nitrogens with two attached hydrogens (primary N) is 1. The second kappa shape index (κ2) is 4.07. The minimum Gasteiger partial charge on any atom is -0.320 e. The van der Waals surface area contributed by atoms with E-state index >= 15 is 0 Å². The zero-order valence-corrected chi connectivity index (χ0v) is 11.2. The zero-order chi connectivity index (χ0) is 11.9. The van der Waals surface area contributed by atoms with Gasteiger partial charge in [0.2, 0.25) is 0 Å². The molecule has 3 rings (SSSR count). The molecule has 0 amide bonds. The quantitative estimate of drug-likeness (QED) is 0.880. The number of nitrogens with zero attached hydrogens (tertiary/aromatic N) is 3. The molecule has 0 bridgehead atoms. The van der Waals surface area contributed by atoms with E-state index in [2.05, 4.69) is 26.0 Å². The summed E-state index contributed by atoms with van der Waals surface area (Å²) in [5.74, 6) is 0. The Labute approximate surface area is 108 Å². The first-order valence-electron chi connectivity index (χ1n) is 5.99. The molecule has 0 atom stereocenters. The average Bonchev–Trinajstić information content (AvgIpc) is 2.72. The summed E-state index contributed by atoms with van der Waals surface area (Å²) in [6.45, 7) is 0. The van der Waals surface area contributed by atoms with Gasteiger partial charge in [0.25, 0.3) is 0 Å². The topological polar surface area (TPSA) is 56.2 Å². The number of fused-ring (bicyclic) bond motifs is 1. The SMILES string of the molecule is NC1(c2ccc3ncc(Br)n3n2)CCCCC1. The fraction of sp³-hybridized carbons (Fsp3) is 0.500. The van der Waals surface area contributed by atoms with Gasteiger partial charge in [-0.2, -0.15) is 5.10 Å². The largest absolute Gasteiger partial charge is 0.320 e. The van der Waals surface area contributed by atoms with E-state index in [9.17, 15) is 0 Å². The zero-order valence-electron chi connectivity index (χ0n) is 9.56. The molecule has 17 heavy (non-hydrogen) atoms. The van der Waals surface area contributed by atoms with Gasteiger partial charge in [-0.25, -0.2) is 9.50 Å². The minimum absolute atomic E-state index is 0.254. The predicted molar refractivity (Wildman–Crippen MR) is 69.6 cm³/mol. The average molecular weight is 295 g/mol. The van der Waals surface area contributed by atoms with Crippen molar-refractivity contribution >= 4 is 21.6 Å². The van der Waals surface area contributed by atoms with Gasteiger partial charge in [0.15, 0.2) is 5.65 Å². The molecular weight excluding hydrogens is 280 g/mol. The van der Waals surface area contributed by atoms with Crippen LogP contribution in [0.15, 0.2) is 22.9 Å². The summed E-state index contributed by atoms with van der Waals surface area (Å²) < 4.78 is 2.67. The second-order valence-corrected chi connectivity index (χ2v) is 5.60. The van der Waals surface area contributed by atoms with Crippen LogP contribution in [0.25, 0.3) is 5.65 Å². The Morgan fingerprint density at radius 2 is 2.00 bits per heavy atom. The Balaban J connectivity index is 2.07. The van der Waals surface area contributed by atoms with Crippen LogP contribution in [0.1, 0.15) is 37.8 Å². The molecule has 5 heteroatoms. The Kier molecular flexibility index (Phi) is 2.67. The fourth-order valence-electron chi connectivity index (χ4n) is 2.55. The van der Waals surface area contributed by atoms with Gasteiger partial charge < -0.3 is 5.73 Å². The van der Waals surface area contributed by atoms with Crippen LogP contribution in [0, 0.1) is 0 Å². The Hall–Kier alpha value is -0.940. The van der Waals surface area contributed by atoms with Crippen LogP contribution in [0.5, 0.6) is 0 Å². The van der Waals surface area contributed by atoms with Gasteiger partial charge >= 0.3 is 0 Å². The van der Waals surface area contributed by atoms with Crippen LogP contribution in [0.2, 0.25) is 0 Å². The first-order valence-corrected chi connectivity index (χ1v) is 6.78. The van der Waals surface area contributed by atoms with Gasteiger partial charge in [0, 0.05) is 0 Å². The van der Waals surface area contributed by atoms with Crippen LogP contribution in [0.4, 0.5) is 0 Å². The van der Waals surface area contributed by atoms with Crippen molar-refractivity contribution in [1.29, 1.82) is 0 Å². The lowest BCUT2D eigenvalue weighted by Gasteiger charge is -2.32. The third-order valence-corrected chi connectivity index (χ3v) is 4.12. The Morgan fingerprint density at radius 3 is 2.76 bits per heavy atom. The van der Waals surface area contributed by atoms with Gasteiger partial charge in [0.05, 0.1) is 17.4 Å². The summed E-state index contributed by atoms with van der Waals surface area (Å²) in [4.78, 5) is 4.24. The summed E-state index contributed by atoms with van der Waals surface area (Å²) in [7, 11) is 0. The first-order chi connectivity index (χ1) is 8.19. The van der Waals surface area contributed by atoms with Crippen molar-refractivity contribution in [3.05, 3.63) is 28.6 Å². The highest BCUT2D eigenvalue weighted by molar-refractivity contribution is 9.10. The summed E-state index contributed by atoms with van der Waals surface area (Å²) in [5, 5.41) is 4.61. The Morgan fingerprint density at radius 1 is 1.24 bits per heavy atom. The van der Waals surface area contributed by atoms with E-state index in [1.807, 2.05) is 12.1 Å². The summed E-state index contributed by atoms with van der Waals surface area (Å²) >= 11 is 3.44. The molecule has 2 aromatic heterocycles. The highest BCUT2D eigenvalue weighted by Crippen LogP contribution is 2.33. The van der Waals surface area contributed by atoms with Gasteiger partial charge in [-0.3, -0.25) is 0 Å². The number of aromatic nitrogens is 3. The number of halogens is 1. The van der Waals surface area contributed by atoms with Crippen LogP contribution in [-0.4, -0.2) is 14.6 Å². The number of hydrogen-bond donors (Lipinski definition) is 1. The van der Waals surface area contributed by atoms with Crippen molar-refractivity contribution in [1.82, 2.24) is 14.6 Å². The molecule has 1 aliphatic carbocycles. The lowest BCUT2D eigenvalue weighted by atomic mass is 9.80. The Bertz CT molecular complexity index is 542. The third kappa shape index (κ3) is 1.87. The molecule has 4 nitrogen and oxygen atoms in total. The highest BCUT2D eigenvalue weighted by atomic mass is 79.9. The molecule has 1 fully saturated rings. The monoisotopic (exact) mass is 294 g/mol. The fourth-order valence-corrected chi connectivity index (χ4v) is 2.91. The molecular formula is C12H15BrN4. The van der Waals surface area contributed by atoms with E-state index in [1.54, 1.807) is 10.7 Å². The van der Waals surface area contributed by atoms with E-state index in [0.717, 1.165) is 28.8 Å². The molecule has 1 aliphatic rings. The van der Waals surface area contributed by atoms with Crippen molar-refractivity contribution < 1.29 is 0 Å². The standard InChI is InChI=1S/C12H15BrN4/c13-10-8-15-11-5-4-9(16-17(10)11)12(14)6-2-1-3-7-12/h4-5,8H,1-3,6-7,14H2. The molecule has 0 spiro atoms. The van der Waals surface area contributed by atoms with Crippen molar-refractivity contribution in [2.45, 2.75) is 37.6 Å². The van der Waals surface area contributed by atoms with Gasteiger partial charge in [-0.1, -0.05) is 19.3 Å². The molecule has 0 aliphatic heterocycles. The van der Waals surface area contributed by atoms with Crippen molar-refractivity contribution in [3.63, 3.8) is 0 Å². The maximum atomic E-state index is 6.48. The highest BCUT2D eigenvalue weighted by Gasteiger charge is 2.31. The maximum Gasteiger partial charge on any atom is 0.154 e. The van der Waals surface area contributed by atoms with Gasteiger partial charge in [0.1, 0.15) is 4.60 Å². The lowest BCUT2D eigenvalue weighted by molar-refractivity contribution is 0.292. The minimum atomic E-state index is -0.254. The van der Waals surface area contributed by atoms with Gasteiger partial charge in [-0.05, 0) is 40.9 Å². The number of imidazole rings is 1. The molecule has 0 saturated heterocycles. The van der Waals surface area contributed by atoms with Crippen molar-refractivity contribution in [2.75, 3.05) is 0 Å². The summed E-state index contributed by atoms with van der Waals surface area (Å²) in [6.07, 6.45) is 7.49. The first kappa shape index (κ1) is 11.2. The normalized spacial score (nSPS) is 19.6. The van der Waals surface area contributed by atoms with E-state index in [-0.39, 0.29) is 5.54 Å². The predicted octanol–water partition coefficient (Wildman–Crippen LogP) is 2.61. The van der Waals surface area contributed by atoms with Crippen LogP contribution >= 0.6 is 15.9 Å². The summed E-state index contributed by atoms with van der Waals surface area (Å²) in [5.41, 5.74) is 8.05. The van der Waals surface area contributed by atoms with E-state index in [1.165, 1.54) is 19.3 Å². The van der Waals surface area contributed by atoms with Crippen LogP contribution < -0.4 is 5.73 Å². The molecule has 2 heterocycles. The lowest BCUT2D eigenvalue weighted by Crippen LogP contribution is -2.39. The van der Waals surface area contributed by atoms with Crippen molar-refractivity contribution in [2.24, 2.45) is 5.73 Å². The smallest absolute Gasteiger partial charge is 0.154 e. The molecule has 2 aromatic rings. The van der Waals surface area contributed by atoms with Crippen LogP contribution in [0.3, 0.4) is 0 Å². The third-order valence-electron chi connectivity index (χ3n) is 3.58. The molecule has 0 radical (unpaired) electrons. The van der Waals surface area contributed by atoms with Crippen LogP contribution in [-0.2, 0) is 5.54 Å². The van der Waals surface area contributed by atoms with E-state index in [0.29, 0.717) is 0 Å². The van der Waals surface area contributed by atoms with E-state index in [4.69, 9.17) is 5.73 Å². The summed E-state index contributed by atoms with van der Waals surface area (Å²) in [6, 6.07) is 4.00.